The third-order valence-corrected chi connectivity index (χ3v) is 7.41. The predicted octanol–water partition coefficient (Wildman–Crippen LogP) is 1.59. The molecule has 0 saturated carbocycles. The number of benzene rings is 1. The van der Waals surface area contributed by atoms with Gasteiger partial charge in [-0.05, 0) is 0 Å². The van der Waals surface area contributed by atoms with E-state index in [0.29, 0.717) is 19.5 Å². The van der Waals surface area contributed by atoms with Crippen LogP contribution < -0.4 is 20.0 Å². The Morgan fingerprint density at radius 2 is 1.58 bits per heavy atom. The minimum absolute atomic E-state index is 0.137. The van der Waals surface area contributed by atoms with Crippen molar-refractivity contribution in [2.45, 2.75) is 43.0 Å². The molecule has 148 valence electrons. The third kappa shape index (κ3) is 9.78. The van der Waals surface area contributed by atoms with Crippen LogP contribution in [-0.2, 0) is 4.79 Å². The number of carbonyl (C=O) groups excluding carboxylic acids is 1. The molecule has 6 heteroatoms. The number of nitrogens with two attached hydrogens (primary N) is 2. The zero-order valence-electron chi connectivity index (χ0n) is 16.5. The van der Waals surface area contributed by atoms with Crippen molar-refractivity contribution in [3.8, 4) is 0 Å². The van der Waals surface area contributed by atoms with Gasteiger partial charge in [0.25, 0.3) is 0 Å². The van der Waals surface area contributed by atoms with E-state index in [2.05, 4.69) is 43.3 Å². The summed E-state index contributed by atoms with van der Waals surface area (Å²) in [6, 6.07) is 8.91. The van der Waals surface area contributed by atoms with Crippen molar-refractivity contribution in [2.24, 2.45) is 11.5 Å². The first-order chi connectivity index (χ1) is 12.6. The molecule has 0 aliphatic heterocycles. The molecule has 0 spiro atoms. The van der Waals surface area contributed by atoms with Crippen LogP contribution in [0.15, 0.2) is 24.3 Å². The maximum absolute atomic E-state index is 12.4. The number of amides is 1. The van der Waals surface area contributed by atoms with Crippen molar-refractivity contribution in [3.05, 3.63) is 24.3 Å². The normalized spacial score (nSPS) is 10.8. The van der Waals surface area contributed by atoms with E-state index in [9.17, 15) is 4.79 Å². The predicted molar refractivity (Wildman–Crippen MR) is 113 cm³/mol. The van der Waals surface area contributed by atoms with E-state index in [1.165, 1.54) is 13.8 Å². The Hall–Kier alpha value is -0.800. The summed E-state index contributed by atoms with van der Waals surface area (Å²) in [5.41, 5.74) is 12.4. The fourth-order valence-electron chi connectivity index (χ4n) is 2.66. The molecule has 0 saturated heterocycles. The van der Waals surface area contributed by atoms with Crippen molar-refractivity contribution < 1.29 is 4.79 Å². The first-order valence-corrected chi connectivity index (χ1v) is 12.5. The SMILES string of the molecule is CN(C)c1ccc([Te]CCCCC(=O)N(CCCN)CCCCN)cc1. The second-order valence-corrected chi connectivity index (χ2v) is 10.0. The first kappa shape index (κ1) is 23.2. The van der Waals surface area contributed by atoms with Gasteiger partial charge in [0.15, 0.2) is 0 Å². The molecule has 1 aromatic rings. The molecule has 1 amide bonds. The molecule has 1 rings (SSSR count). The zero-order chi connectivity index (χ0) is 19.2. The monoisotopic (exact) mass is 478 g/mol. The minimum atomic E-state index is -0.137. The second-order valence-electron chi connectivity index (χ2n) is 6.71. The fraction of sp³-hybridized carbons (Fsp3) is 0.650. The Morgan fingerprint density at radius 1 is 0.923 bits per heavy atom. The molecule has 0 bridgehead atoms. The van der Waals surface area contributed by atoms with Gasteiger partial charge < -0.3 is 0 Å². The molecular formula is C20H36N4OTe. The summed E-state index contributed by atoms with van der Waals surface area (Å²) >= 11 is -0.137. The van der Waals surface area contributed by atoms with Crippen LogP contribution in [0.4, 0.5) is 5.69 Å². The molecule has 1 aromatic carbocycles. The van der Waals surface area contributed by atoms with Gasteiger partial charge in [0.05, 0.1) is 0 Å². The van der Waals surface area contributed by atoms with Crippen LogP contribution in [0.5, 0.6) is 0 Å². The Kier molecular flexibility index (Phi) is 12.8. The Morgan fingerprint density at radius 3 is 2.19 bits per heavy atom. The Balaban J connectivity index is 2.25. The van der Waals surface area contributed by atoms with Gasteiger partial charge in [-0.25, -0.2) is 0 Å². The quantitative estimate of drug-likeness (QED) is 0.316. The van der Waals surface area contributed by atoms with Crippen molar-refractivity contribution in [1.29, 1.82) is 0 Å². The fourth-order valence-corrected chi connectivity index (χ4v) is 5.26. The van der Waals surface area contributed by atoms with Crippen LogP contribution in [0.2, 0.25) is 4.47 Å². The van der Waals surface area contributed by atoms with Gasteiger partial charge in [0.2, 0.25) is 0 Å². The number of hydrogen-bond acceptors (Lipinski definition) is 4. The van der Waals surface area contributed by atoms with Crippen molar-refractivity contribution >= 4 is 36.1 Å². The van der Waals surface area contributed by atoms with Gasteiger partial charge in [-0.3, -0.25) is 0 Å². The number of rotatable bonds is 14. The summed E-state index contributed by atoms with van der Waals surface area (Å²) < 4.78 is 2.76. The van der Waals surface area contributed by atoms with Crippen LogP contribution in [-0.4, -0.2) is 72.0 Å². The van der Waals surface area contributed by atoms with E-state index in [1.807, 2.05) is 4.90 Å². The molecule has 0 radical (unpaired) electrons. The van der Waals surface area contributed by atoms with Crippen LogP contribution in [0.3, 0.4) is 0 Å². The summed E-state index contributed by atoms with van der Waals surface area (Å²) in [5, 5.41) is 0. The van der Waals surface area contributed by atoms with Crippen molar-refractivity contribution in [3.63, 3.8) is 0 Å². The Bertz CT molecular complexity index is 493. The van der Waals surface area contributed by atoms with E-state index in [-0.39, 0.29) is 26.8 Å². The second kappa shape index (κ2) is 14.3. The number of hydrogen-bond donors (Lipinski definition) is 2. The van der Waals surface area contributed by atoms with Gasteiger partial charge in [0.1, 0.15) is 0 Å². The van der Waals surface area contributed by atoms with E-state index < -0.39 is 0 Å². The molecule has 0 heterocycles. The molecule has 0 aromatic heterocycles. The van der Waals surface area contributed by atoms with E-state index in [1.54, 1.807) is 0 Å². The molecule has 0 aliphatic carbocycles. The molecular weight excluding hydrogens is 440 g/mol. The van der Waals surface area contributed by atoms with Crippen molar-refractivity contribution in [2.75, 3.05) is 45.2 Å². The van der Waals surface area contributed by atoms with Gasteiger partial charge in [0, 0.05) is 0 Å². The standard InChI is InChI=1S/C20H36N4OTe/c1-23(2)18-9-11-19(12-10-18)26-17-6-3-8-20(25)24(16-7-14-22)15-5-4-13-21/h9-12H,3-8,13-17,21-22H2,1-2H3. The average Bonchev–Trinajstić information content (AvgIpc) is 2.64. The number of unbranched alkanes of at least 4 members (excludes halogenated alkanes) is 2. The molecule has 4 N–H and O–H groups in total. The van der Waals surface area contributed by atoms with Crippen molar-refractivity contribution in [1.82, 2.24) is 4.90 Å². The summed E-state index contributed by atoms with van der Waals surface area (Å²) in [5.74, 6) is 0.284. The summed E-state index contributed by atoms with van der Waals surface area (Å²) in [6.07, 6.45) is 5.66. The summed E-state index contributed by atoms with van der Waals surface area (Å²) in [7, 11) is 4.13. The average molecular weight is 476 g/mol. The topological polar surface area (TPSA) is 75.6 Å². The van der Waals surface area contributed by atoms with E-state index in [0.717, 1.165) is 45.2 Å². The Labute approximate surface area is 169 Å². The van der Waals surface area contributed by atoms with Crippen LogP contribution in [0.1, 0.15) is 38.5 Å². The third-order valence-electron chi connectivity index (χ3n) is 4.27. The van der Waals surface area contributed by atoms with E-state index >= 15 is 0 Å². The number of anilines is 1. The number of carbonyl (C=O) groups is 1. The van der Waals surface area contributed by atoms with Gasteiger partial charge >= 0.3 is 170 Å². The molecule has 5 nitrogen and oxygen atoms in total. The zero-order valence-corrected chi connectivity index (χ0v) is 18.8. The molecule has 0 atom stereocenters. The van der Waals surface area contributed by atoms with Gasteiger partial charge in [-0.1, -0.05) is 0 Å². The first-order valence-electron chi connectivity index (χ1n) is 9.66. The molecule has 0 aliphatic rings. The van der Waals surface area contributed by atoms with Crippen LogP contribution in [0.25, 0.3) is 0 Å². The van der Waals surface area contributed by atoms with Gasteiger partial charge in [-0.15, -0.1) is 0 Å². The molecule has 0 fully saturated rings. The summed E-state index contributed by atoms with van der Waals surface area (Å²) in [6.45, 7) is 2.94. The summed E-state index contributed by atoms with van der Waals surface area (Å²) in [4.78, 5) is 16.5. The van der Waals surface area contributed by atoms with Crippen LogP contribution in [0, 0.1) is 0 Å². The maximum atomic E-state index is 12.4. The van der Waals surface area contributed by atoms with Crippen LogP contribution >= 0.6 is 0 Å². The molecule has 26 heavy (non-hydrogen) atoms. The van der Waals surface area contributed by atoms with E-state index in [4.69, 9.17) is 11.5 Å². The van der Waals surface area contributed by atoms with Gasteiger partial charge in [-0.2, -0.15) is 0 Å². The molecule has 0 unspecified atom stereocenters. The number of nitrogens with zero attached hydrogens (tertiary/aromatic N) is 2.